The molecule has 0 aromatic heterocycles. The highest BCUT2D eigenvalue weighted by Gasteiger charge is 2.23. The van der Waals surface area contributed by atoms with Gasteiger partial charge in [0.05, 0.1) is 0 Å². The fourth-order valence-corrected chi connectivity index (χ4v) is 6.88. The first-order valence-electron chi connectivity index (χ1n) is 16.5. The van der Waals surface area contributed by atoms with Crippen molar-refractivity contribution in [2.75, 3.05) is 6.61 Å². The summed E-state index contributed by atoms with van der Waals surface area (Å²) in [6, 6.07) is 7.50. The van der Waals surface area contributed by atoms with E-state index in [2.05, 4.69) is 20.8 Å². The SMILES string of the molecule is CCCCC1CCCCCC(C)c2cc(O)c(c(O)c2)C(CCCCO)CCCCCC(C)c2cc(O)c1c(O)c2. The molecule has 230 valence electrons. The van der Waals surface area contributed by atoms with E-state index in [4.69, 9.17) is 0 Å². The van der Waals surface area contributed by atoms with Crippen molar-refractivity contribution in [3.63, 3.8) is 0 Å². The van der Waals surface area contributed by atoms with Crippen LogP contribution in [0.5, 0.6) is 23.0 Å². The summed E-state index contributed by atoms with van der Waals surface area (Å²) in [5.74, 6) is 1.58. The quantitative estimate of drug-likeness (QED) is 0.214. The van der Waals surface area contributed by atoms with Gasteiger partial charge in [0.1, 0.15) is 23.0 Å². The number of aliphatic hydroxyl groups is 1. The van der Waals surface area contributed by atoms with E-state index < -0.39 is 0 Å². The van der Waals surface area contributed by atoms with Crippen molar-refractivity contribution in [1.82, 2.24) is 0 Å². The molecule has 0 amide bonds. The number of unbranched alkanes of at least 4 members (excludes halogenated alkanes) is 2. The van der Waals surface area contributed by atoms with Crippen molar-refractivity contribution >= 4 is 0 Å². The topological polar surface area (TPSA) is 101 Å². The molecule has 2 aromatic rings. The first-order valence-corrected chi connectivity index (χ1v) is 16.5. The molecule has 41 heavy (non-hydrogen) atoms. The molecule has 0 saturated carbocycles. The zero-order chi connectivity index (χ0) is 29.8. The maximum absolute atomic E-state index is 11.1. The van der Waals surface area contributed by atoms with E-state index in [0.29, 0.717) is 5.56 Å². The normalized spacial score (nSPS) is 23.2. The van der Waals surface area contributed by atoms with Gasteiger partial charge in [-0.05, 0) is 104 Å². The monoisotopic (exact) mass is 568 g/mol. The molecule has 4 aliphatic rings. The summed E-state index contributed by atoms with van der Waals surface area (Å²) in [6.07, 6.45) is 15.5. The fraction of sp³-hybridized carbons (Fsp3) is 0.667. The fourth-order valence-electron chi connectivity index (χ4n) is 6.88. The van der Waals surface area contributed by atoms with Crippen molar-refractivity contribution in [3.05, 3.63) is 46.5 Å². The molecule has 0 saturated heterocycles. The summed E-state index contributed by atoms with van der Waals surface area (Å²) in [5, 5.41) is 53.6. The standard InChI is InChI=1S/C36H56O5/c1-4-5-16-27-17-10-6-8-14-26(3)30-23-33(40)36(34(41)24-30)28(19-12-13-20-37)18-11-7-9-15-25(2)29-21-31(38)35(27)32(39)22-29/h21-28,37-41H,4-20H2,1-3H3. The minimum atomic E-state index is 0.0586. The predicted molar refractivity (Wildman–Crippen MR) is 168 cm³/mol. The van der Waals surface area contributed by atoms with Crippen molar-refractivity contribution in [1.29, 1.82) is 0 Å². The minimum absolute atomic E-state index is 0.0586. The maximum atomic E-state index is 11.1. The second-order valence-corrected chi connectivity index (χ2v) is 12.8. The Morgan fingerprint density at radius 3 is 1.34 bits per heavy atom. The molecule has 4 bridgehead atoms. The molecular weight excluding hydrogens is 512 g/mol. The second-order valence-electron chi connectivity index (χ2n) is 12.8. The highest BCUT2D eigenvalue weighted by Crippen LogP contribution is 2.44. The Balaban J connectivity index is 1.84. The molecule has 5 N–H and O–H groups in total. The van der Waals surface area contributed by atoms with Gasteiger partial charge < -0.3 is 25.5 Å². The van der Waals surface area contributed by atoms with Crippen molar-refractivity contribution in [3.8, 4) is 23.0 Å². The van der Waals surface area contributed by atoms with Gasteiger partial charge in [0.15, 0.2) is 0 Å². The van der Waals surface area contributed by atoms with Gasteiger partial charge in [0.25, 0.3) is 0 Å². The van der Waals surface area contributed by atoms with Crippen LogP contribution < -0.4 is 0 Å². The number of aromatic hydroxyl groups is 4. The molecule has 0 radical (unpaired) electrons. The third-order valence-electron chi connectivity index (χ3n) is 9.52. The third kappa shape index (κ3) is 9.56. The largest absolute Gasteiger partial charge is 0.508 e. The van der Waals surface area contributed by atoms with Gasteiger partial charge in [-0.3, -0.25) is 0 Å². The number of rotatable bonds is 7. The number of hydrogen-bond acceptors (Lipinski definition) is 5. The Labute approximate surface area is 248 Å². The van der Waals surface area contributed by atoms with Crippen LogP contribution in [0.3, 0.4) is 0 Å². The lowest BCUT2D eigenvalue weighted by molar-refractivity contribution is 0.280. The lowest BCUT2D eigenvalue weighted by atomic mass is 9.83. The zero-order valence-electron chi connectivity index (χ0n) is 25.9. The van der Waals surface area contributed by atoms with Crippen LogP contribution in [0.2, 0.25) is 0 Å². The van der Waals surface area contributed by atoms with E-state index in [1.807, 2.05) is 24.3 Å². The van der Waals surface area contributed by atoms with E-state index in [9.17, 15) is 25.5 Å². The first-order chi connectivity index (χ1) is 19.8. The zero-order valence-corrected chi connectivity index (χ0v) is 25.9. The third-order valence-corrected chi connectivity index (χ3v) is 9.52. The van der Waals surface area contributed by atoms with Crippen LogP contribution in [-0.4, -0.2) is 32.1 Å². The molecule has 0 spiro atoms. The lowest BCUT2D eigenvalue weighted by Crippen LogP contribution is -2.04. The molecule has 0 heterocycles. The predicted octanol–water partition coefficient (Wildman–Crippen LogP) is 9.85. The molecule has 5 heteroatoms. The summed E-state index contributed by atoms with van der Waals surface area (Å²) < 4.78 is 0. The summed E-state index contributed by atoms with van der Waals surface area (Å²) >= 11 is 0. The summed E-state index contributed by atoms with van der Waals surface area (Å²) in [7, 11) is 0. The van der Waals surface area contributed by atoms with Gasteiger partial charge in [-0.2, -0.15) is 0 Å². The number of phenols is 4. The highest BCUT2D eigenvalue weighted by molar-refractivity contribution is 5.50. The molecule has 0 fully saturated rings. The Hall–Kier alpha value is -2.40. The smallest absolute Gasteiger partial charge is 0.123 e. The van der Waals surface area contributed by atoms with Crippen molar-refractivity contribution in [2.45, 2.75) is 147 Å². The van der Waals surface area contributed by atoms with Gasteiger partial charge in [-0.25, -0.2) is 0 Å². The van der Waals surface area contributed by atoms with Gasteiger partial charge in [-0.15, -0.1) is 0 Å². The average Bonchev–Trinajstić information content (AvgIpc) is 2.93. The second kappa shape index (κ2) is 16.9. The molecular formula is C36H56O5. The Bertz CT molecular complexity index is 1020. The molecule has 6 rings (SSSR count). The van der Waals surface area contributed by atoms with Crippen LogP contribution >= 0.6 is 0 Å². The Kier molecular flexibility index (Phi) is 13.6. The first kappa shape index (κ1) is 33.1. The maximum Gasteiger partial charge on any atom is 0.123 e. The number of benzene rings is 2. The van der Waals surface area contributed by atoms with Crippen LogP contribution in [-0.2, 0) is 0 Å². The van der Waals surface area contributed by atoms with E-state index >= 15 is 0 Å². The molecule has 0 aliphatic heterocycles. The molecule has 5 nitrogen and oxygen atoms in total. The van der Waals surface area contributed by atoms with Crippen LogP contribution in [0.1, 0.15) is 169 Å². The van der Waals surface area contributed by atoms with Crippen LogP contribution in [0.25, 0.3) is 0 Å². The Morgan fingerprint density at radius 2 is 0.951 bits per heavy atom. The minimum Gasteiger partial charge on any atom is -0.508 e. The van der Waals surface area contributed by atoms with Crippen molar-refractivity contribution < 1.29 is 25.5 Å². The van der Waals surface area contributed by atoms with Crippen LogP contribution in [0.4, 0.5) is 0 Å². The summed E-state index contributed by atoms with van der Waals surface area (Å²) in [4.78, 5) is 0. The number of aliphatic hydroxyl groups excluding tert-OH is 1. The lowest BCUT2D eigenvalue weighted by Gasteiger charge is -2.23. The van der Waals surface area contributed by atoms with Gasteiger partial charge in [-0.1, -0.05) is 78.6 Å². The molecule has 4 aliphatic carbocycles. The molecule has 2 aromatic carbocycles. The number of hydrogen-bond donors (Lipinski definition) is 5. The van der Waals surface area contributed by atoms with Crippen LogP contribution in [0, 0.1) is 0 Å². The van der Waals surface area contributed by atoms with E-state index in [0.717, 1.165) is 119 Å². The molecule has 4 unspecified atom stereocenters. The van der Waals surface area contributed by atoms with E-state index in [-0.39, 0.29) is 53.3 Å². The van der Waals surface area contributed by atoms with Crippen molar-refractivity contribution in [2.24, 2.45) is 0 Å². The van der Waals surface area contributed by atoms with E-state index in [1.165, 1.54) is 0 Å². The number of phenolic OH excluding ortho intramolecular Hbond substituents is 4. The van der Waals surface area contributed by atoms with Gasteiger partial charge >= 0.3 is 0 Å². The summed E-state index contributed by atoms with van der Waals surface area (Å²) in [6.45, 7) is 6.66. The van der Waals surface area contributed by atoms with E-state index in [1.54, 1.807) is 0 Å². The average molecular weight is 569 g/mol. The molecule has 4 atom stereocenters. The highest BCUT2D eigenvalue weighted by atomic mass is 16.3. The van der Waals surface area contributed by atoms with Gasteiger partial charge in [0, 0.05) is 17.7 Å². The van der Waals surface area contributed by atoms with Gasteiger partial charge in [0.2, 0.25) is 0 Å². The summed E-state index contributed by atoms with van der Waals surface area (Å²) in [5.41, 5.74) is 3.36. The Morgan fingerprint density at radius 1 is 0.561 bits per heavy atom. The van der Waals surface area contributed by atoms with Crippen LogP contribution in [0.15, 0.2) is 24.3 Å².